The highest BCUT2D eigenvalue weighted by atomic mass is 19.1. The zero-order valence-corrected chi connectivity index (χ0v) is 49.9. The Morgan fingerprint density at radius 3 is 1.03 bits per heavy atom. The van der Waals surface area contributed by atoms with Gasteiger partial charge in [0.25, 0.3) is 0 Å². The first-order chi connectivity index (χ1) is 46.4. The average Bonchev–Trinajstić information content (AvgIpc) is 1.55. The number of aromatic nitrogens is 4. The van der Waals surface area contributed by atoms with Crippen LogP contribution in [-0.2, 0) is 0 Å². The molecule has 14 aromatic carbocycles. The molecule has 20 rings (SSSR count). The second-order valence-electron chi connectivity index (χ2n) is 24.1. The third-order valence-electron chi connectivity index (χ3n) is 19.0. The molecule has 0 aliphatic heterocycles. The van der Waals surface area contributed by atoms with Gasteiger partial charge in [0.05, 0.1) is 65.7 Å². The van der Waals surface area contributed by atoms with Gasteiger partial charge in [-0.15, -0.1) is 0 Å². The van der Waals surface area contributed by atoms with Crippen LogP contribution in [0.1, 0.15) is 0 Å². The fourth-order valence-corrected chi connectivity index (χ4v) is 15.0. The van der Waals surface area contributed by atoms with Gasteiger partial charge in [0.15, 0.2) is 0 Å². The normalized spacial score (nSPS) is 12.1. The van der Waals surface area contributed by atoms with E-state index in [1.54, 1.807) is 0 Å². The highest BCUT2D eigenvalue weighted by Crippen LogP contribution is 2.49. The van der Waals surface area contributed by atoms with Crippen LogP contribution in [0.25, 0.3) is 165 Å². The lowest BCUT2D eigenvalue weighted by molar-refractivity contribution is 0.482. The van der Waals surface area contributed by atoms with E-state index in [1.165, 1.54) is 24.3 Å². The minimum absolute atomic E-state index is 0.296. The molecule has 20 aromatic rings. The molecule has 0 N–H and O–H groups in total. The molecule has 0 unspecified atom stereocenters. The molecular formula is C84H48F2N4O4. The molecule has 6 aromatic heterocycles. The van der Waals surface area contributed by atoms with E-state index in [0.29, 0.717) is 11.5 Å². The number of fused-ring (bicyclic) bond motifs is 22. The lowest BCUT2D eigenvalue weighted by Gasteiger charge is -2.16. The number of nitrogens with zero attached hydrogens (tertiary/aromatic N) is 4. The maximum absolute atomic E-state index is 14.8. The van der Waals surface area contributed by atoms with Crippen molar-refractivity contribution in [3.63, 3.8) is 0 Å². The molecule has 0 aliphatic carbocycles. The lowest BCUT2D eigenvalue weighted by atomic mass is 10.00. The van der Waals surface area contributed by atoms with Gasteiger partial charge in [0.1, 0.15) is 57.0 Å². The topological polar surface area (TPSA) is 64.5 Å². The van der Waals surface area contributed by atoms with Gasteiger partial charge in [-0.05, 0) is 200 Å². The maximum atomic E-state index is 14.8. The Kier molecular flexibility index (Phi) is 11.0. The van der Waals surface area contributed by atoms with Crippen molar-refractivity contribution in [3.8, 4) is 56.9 Å². The Labute approximate surface area is 533 Å². The Bertz CT molecular complexity index is 6530. The van der Waals surface area contributed by atoms with Crippen LogP contribution < -0.4 is 9.47 Å². The second kappa shape index (κ2) is 19.9. The summed E-state index contributed by atoms with van der Waals surface area (Å²) in [6, 6.07) is 97.1. The summed E-state index contributed by atoms with van der Waals surface area (Å²) in [5.74, 6) is 2.31. The quantitative estimate of drug-likeness (QED) is 0.144. The van der Waals surface area contributed by atoms with Crippen LogP contribution in [0.15, 0.2) is 300 Å². The number of ether oxygens (including phenoxy) is 2. The van der Waals surface area contributed by atoms with Crippen LogP contribution in [0.2, 0.25) is 0 Å². The zero-order valence-electron chi connectivity index (χ0n) is 49.9. The molecule has 94 heavy (non-hydrogen) atoms. The minimum Gasteiger partial charge on any atom is -0.457 e. The Morgan fingerprint density at radius 2 is 0.585 bits per heavy atom. The summed E-state index contributed by atoms with van der Waals surface area (Å²) < 4.78 is 66.1. The standard InChI is InChI=1S/C84H48F2N4O4/c85-50-24-28-52(29-25-50)87-68-20-10-7-17-63(68)77-72(87)42-38-61-62-40-45-75-80(84(62)94-82(61)77)67-47-49(23-41-71(67)89(75)53-30-26-51(86)27-31-53)66-48-55(34-46-76(66)92-57-15-5-2-6-16-57)90-70-22-12-9-19-65(70)79-74(90)44-39-60-59-37-43-73-78(81(59)93-83(60)79)64-18-8-11-21-69(64)88(73)54-32-35-58(36-33-54)91-56-13-3-1-4-14-56/h1-48H. The molecule has 0 fully saturated rings. The highest BCUT2D eigenvalue weighted by Gasteiger charge is 2.27. The summed E-state index contributed by atoms with van der Waals surface area (Å²) >= 11 is 0. The SMILES string of the molecule is Fc1ccc(-n2c3ccccc3c3c4oc5c(ccc6c5c5cc(-c7cc(-n8c9ccccc9c9c%10oc%11c(ccc%12c%11c%11ccccc%11n%12-c%11ccc(Oc%12ccccc%12)cc%11)c%10ccc98)ccc7Oc7ccccc7)ccc5n6-c5ccc(F)cc5)c4ccc32)cc1. The van der Waals surface area contributed by atoms with Crippen molar-refractivity contribution < 1.29 is 27.1 Å². The van der Waals surface area contributed by atoms with Crippen molar-refractivity contribution in [3.05, 3.63) is 303 Å². The largest absolute Gasteiger partial charge is 0.457 e. The molecule has 0 amide bonds. The van der Waals surface area contributed by atoms with Gasteiger partial charge in [0, 0.05) is 71.4 Å². The van der Waals surface area contributed by atoms with Crippen LogP contribution in [0.3, 0.4) is 0 Å². The number of hydrogen-bond acceptors (Lipinski definition) is 4. The lowest BCUT2D eigenvalue weighted by Crippen LogP contribution is -1.97. The predicted octanol–water partition coefficient (Wildman–Crippen LogP) is 23.4. The van der Waals surface area contributed by atoms with Crippen molar-refractivity contribution in [2.45, 2.75) is 0 Å². The fraction of sp³-hybridized carbons (Fsp3) is 0. The van der Waals surface area contributed by atoms with Gasteiger partial charge in [-0.2, -0.15) is 0 Å². The Morgan fingerprint density at radius 1 is 0.245 bits per heavy atom. The van der Waals surface area contributed by atoms with Crippen molar-refractivity contribution in [2.75, 3.05) is 0 Å². The number of rotatable bonds is 9. The number of halogens is 2. The molecule has 6 heterocycles. The van der Waals surface area contributed by atoms with Crippen molar-refractivity contribution in [1.82, 2.24) is 18.3 Å². The zero-order chi connectivity index (χ0) is 61.9. The molecular weight excluding hydrogens is 1170 g/mol. The first kappa shape index (κ1) is 52.1. The monoisotopic (exact) mass is 1210 g/mol. The molecule has 0 radical (unpaired) electrons. The summed E-state index contributed by atoms with van der Waals surface area (Å²) in [6.07, 6.45) is 0. The second-order valence-corrected chi connectivity index (χ2v) is 24.1. The van der Waals surface area contributed by atoms with Gasteiger partial charge in [-0.25, -0.2) is 8.78 Å². The molecule has 0 aliphatic rings. The number of para-hydroxylation sites is 5. The van der Waals surface area contributed by atoms with E-state index in [2.05, 4.69) is 176 Å². The van der Waals surface area contributed by atoms with Crippen LogP contribution >= 0.6 is 0 Å². The van der Waals surface area contributed by atoms with E-state index in [9.17, 15) is 8.78 Å². The smallest absolute Gasteiger partial charge is 0.145 e. The van der Waals surface area contributed by atoms with E-state index in [1.807, 2.05) is 109 Å². The number of hydrogen-bond donors (Lipinski definition) is 0. The van der Waals surface area contributed by atoms with Crippen LogP contribution in [0.5, 0.6) is 23.0 Å². The van der Waals surface area contributed by atoms with Crippen LogP contribution in [-0.4, -0.2) is 18.3 Å². The number of furan rings is 2. The Hall–Kier alpha value is -12.7. The average molecular weight is 1220 g/mol. The van der Waals surface area contributed by atoms with Crippen molar-refractivity contribution >= 4 is 131 Å². The summed E-state index contributed by atoms with van der Waals surface area (Å²) in [6.45, 7) is 0. The predicted molar refractivity (Wildman–Crippen MR) is 377 cm³/mol. The van der Waals surface area contributed by atoms with E-state index < -0.39 is 0 Å². The summed E-state index contributed by atoms with van der Waals surface area (Å²) in [5, 5.41) is 12.1. The minimum atomic E-state index is -0.318. The maximum Gasteiger partial charge on any atom is 0.145 e. The van der Waals surface area contributed by atoms with Gasteiger partial charge in [-0.1, -0.05) is 97.1 Å². The first-order valence-corrected chi connectivity index (χ1v) is 31.3. The molecule has 0 spiro atoms. The first-order valence-electron chi connectivity index (χ1n) is 31.3. The molecule has 0 saturated carbocycles. The van der Waals surface area contributed by atoms with Gasteiger partial charge in [-0.3, -0.25) is 0 Å². The van der Waals surface area contributed by atoms with Gasteiger partial charge in [0.2, 0.25) is 0 Å². The van der Waals surface area contributed by atoms with Crippen LogP contribution in [0, 0.1) is 11.6 Å². The summed E-state index contributed by atoms with van der Waals surface area (Å²) in [7, 11) is 0. The molecule has 10 heteroatoms. The van der Waals surface area contributed by atoms with Crippen molar-refractivity contribution in [1.29, 1.82) is 0 Å². The third kappa shape index (κ3) is 7.65. The third-order valence-corrected chi connectivity index (χ3v) is 19.0. The Balaban J connectivity index is 0.789. The summed E-state index contributed by atoms with van der Waals surface area (Å²) in [4.78, 5) is 0. The van der Waals surface area contributed by atoms with Crippen molar-refractivity contribution in [2.24, 2.45) is 0 Å². The molecule has 0 saturated heterocycles. The van der Waals surface area contributed by atoms with Gasteiger partial charge < -0.3 is 36.6 Å². The van der Waals surface area contributed by atoms with Gasteiger partial charge >= 0.3 is 0 Å². The molecule has 0 bridgehead atoms. The van der Waals surface area contributed by atoms with E-state index in [0.717, 1.165) is 176 Å². The van der Waals surface area contributed by atoms with E-state index in [4.69, 9.17) is 18.3 Å². The fourth-order valence-electron chi connectivity index (χ4n) is 15.0. The van der Waals surface area contributed by atoms with Crippen LogP contribution in [0.4, 0.5) is 8.78 Å². The molecule has 442 valence electrons. The van der Waals surface area contributed by atoms with E-state index in [-0.39, 0.29) is 11.6 Å². The molecule has 0 atom stereocenters. The summed E-state index contributed by atoms with van der Waals surface area (Å²) in [5.41, 5.74) is 16.4. The van der Waals surface area contributed by atoms with E-state index >= 15 is 0 Å². The highest BCUT2D eigenvalue weighted by molar-refractivity contribution is 6.31. The number of benzene rings is 14. The molecule has 8 nitrogen and oxygen atoms in total.